The highest BCUT2D eigenvalue weighted by molar-refractivity contribution is 5.90. The Morgan fingerprint density at radius 1 is 1.03 bits per heavy atom. The van der Waals surface area contributed by atoms with Crippen LogP contribution < -0.4 is 20.9 Å². The summed E-state index contributed by atoms with van der Waals surface area (Å²) in [7, 11) is 0. The lowest BCUT2D eigenvalue weighted by atomic mass is 10.1. The zero-order valence-electron chi connectivity index (χ0n) is 16.8. The number of benzene rings is 2. The van der Waals surface area contributed by atoms with Gasteiger partial charge in [-0.25, -0.2) is 9.07 Å². The first-order chi connectivity index (χ1) is 14.9. The molecule has 0 atom stereocenters. The van der Waals surface area contributed by atoms with Crippen molar-refractivity contribution in [2.45, 2.75) is 13.5 Å². The molecule has 2 N–H and O–H groups in total. The fourth-order valence-electron chi connectivity index (χ4n) is 2.70. The summed E-state index contributed by atoms with van der Waals surface area (Å²) in [5.41, 5.74) is 1.18. The molecule has 160 valence electrons. The molecule has 0 unspecified atom stereocenters. The van der Waals surface area contributed by atoms with Crippen molar-refractivity contribution in [1.29, 1.82) is 0 Å². The molecular formula is C22H21FN4O4. The lowest BCUT2D eigenvalue weighted by Gasteiger charge is -2.10. The number of amides is 2. The van der Waals surface area contributed by atoms with Crippen molar-refractivity contribution in [1.82, 2.24) is 15.1 Å². The Labute approximate surface area is 177 Å². The van der Waals surface area contributed by atoms with E-state index < -0.39 is 11.5 Å². The van der Waals surface area contributed by atoms with E-state index in [0.717, 1.165) is 4.68 Å². The van der Waals surface area contributed by atoms with Gasteiger partial charge in [-0.1, -0.05) is 0 Å². The summed E-state index contributed by atoms with van der Waals surface area (Å²) >= 11 is 0. The maximum atomic E-state index is 13.1. The molecule has 0 radical (unpaired) electrons. The maximum Gasteiger partial charge on any atom is 0.267 e. The molecule has 31 heavy (non-hydrogen) atoms. The van der Waals surface area contributed by atoms with Crippen LogP contribution in [0.4, 0.5) is 10.1 Å². The van der Waals surface area contributed by atoms with Gasteiger partial charge in [0.05, 0.1) is 12.2 Å². The monoisotopic (exact) mass is 424 g/mol. The van der Waals surface area contributed by atoms with Gasteiger partial charge in [-0.2, -0.15) is 5.10 Å². The van der Waals surface area contributed by atoms with Gasteiger partial charge >= 0.3 is 0 Å². The molecule has 3 rings (SSSR count). The van der Waals surface area contributed by atoms with Gasteiger partial charge in [0.15, 0.2) is 0 Å². The number of halogens is 1. The Kier molecular flexibility index (Phi) is 7.10. The maximum absolute atomic E-state index is 13.1. The van der Waals surface area contributed by atoms with E-state index in [-0.39, 0.29) is 18.3 Å². The number of rotatable bonds is 8. The Bertz CT molecular complexity index is 1110. The molecule has 0 fully saturated rings. The number of carbonyl (C=O) groups is 2. The summed E-state index contributed by atoms with van der Waals surface area (Å²) in [6.45, 7) is 1.87. The van der Waals surface area contributed by atoms with E-state index >= 15 is 0 Å². The van der Waals surface area contributed by atoms with Gasteiger partial charge in [0.25, 0.3) is 5.56 Å². The average Bonchev–Trinajstić information content (AvgIpc) is 2.74. The molecule has 2 amide bonds. The fourth-order valence-corrected chi connectivity index (χ4v) is 2.70. The van der Waals surface area contributed by atoms with Crippen molar-refractivity contribution in [3.05, 3.63) is 76.8 Å². The molecular weight excluding hydrogens is 403 g/mol. The van der Waals surface area contributed by atoms with E-state index in [1.54, 1.807) is 36.4 Å². The first-order valence-electron chi connectivity index (χ1n) is 9.52. The normalized spacial score (nSPS) is 10.4. The number of hydrogen-bond acceptors (Lipinski definition) is 5. The molecule has 0 bridgehead atoms. The first-order valence-corrected chi connectivity index (χ1v) is 9.52. The van der Waals surface area contributed by atoms with Crippen molar-refractivity contribution in [2.24, 2.45) is 0 Å². The highest BCUT2D eigenvalue weighted by Crippen LogP contribution is 2.17. The third-order valence-electron chi connectivity index (χ3n) is 4.18. The topological polar surface area (TPSA) is 102 Å². The number of carbonyl (C=O) groups excluding carboxylic acids is 2. The van der Waals surface area contributed by atoms with Gasteiger partial charge in [-0.05, 0) is 54.6 Å². The van der Waals surface area contributed by atoms with Crippen LogP contribution in [0.25, 0.3) is 11.3 Å². The smallest absolute Gasteiger partial charge is 0.267 e. The number of anilines is 1. The summed E-state index contributed by atoms with van der Waals surface area (Å²) in [6.07, 6.45) is 0. The first kappa shape index (κ1) is 21.7. The molecule has 0 saturated carbocycles. The molecule has 2 aromatic carbocycles. The van der Waals surface area contributed by atoms with Crippen molar-refractivity contribution >= 4 is 17.5 Å². The second-order valence-corrected chi connectivity index (χ2v) is 6.63. The van der Waals surface area contributed by atoms with Crippen LogP contribution in [0.5, 0.6) is 5.75 Å². The molecule has 0 spiro atoms. The third kappa shape index (κ3) is 6.49. The fraction of sp³-hybridized carbons (Fsp3) is 0.182. The highest BCUT2D eigenvalue weighted by atomic mass is 19.1. The van der Waals surface area contributed by atoms with Crippen molar-refractivity contribution in [2.75, 3.05) is 18.5 Å². The molecule has 1 aromatic heterocycles. The molecule has 0 saturated heterocycles. The number of hydrogen-bond donors (Lipinski definition) is 2. The largest absolute Gasteiger partial charge is 0.492 e. The average molecular weight is 424 g/mol. The highest BCUT2D eigenvalue weighted by Gasteiger charge is 2.09. The second-order valence-electron chi connectivity index (χ2n) is 6.63. The Hall–Kier alpha value is -4.01. The van der Waals surface area contributed by atoms with Crippen molar-refractivity contribution in [3.8, 4) is 17.0 Å². The summed E-state index contributed by atoms with van der Waals surface area (Å²) in [6, 6.07) is 15.2. The minimum absolute atomic E-state index is 0.126. The van der Waals surface area contributed by atoms with Gasteiger partial charge < -0.3 is 15.4 Å². The SMILES string of the molecule is CC(=O)NCCOc1ccc(NC(=O)Cn2nc(-c3ccc(F)cc3)ccc2=O)cc1. The Morgan fingerprint density at radius 3 is 2.42 bits per heavy atom. The number of nitrogens with zero attached hydrogens (tertiary/aromatic N) is 2. The quantitative estimate of drug-likeness (QED) is 0.540. The van der Waals surface area contributed by atoms with E-state index in [0.29, 0.717) is 35.8 Å². The molecule has 8 nitrogen and oxygen atoms in total. The van der Waals surface area contributed by atoms with E-state index in [2.05, 4.69) is 15.7 Å². The van der Waals surface area contributed by atoms with Gasteiger partial charge in [0, 0.05) is 24.2 Å². The van der Waals surface area contributed by atoms with Crippen LogP contribution in [0.2, 0.25) is 0 Å². The summed E-state index contributed by atoms with van der Waals surface area (Å²) in [5, 5.41) is 9.51. The van der Waals surface area contributed by atoms with Crippen LogP contribution in [-0.2, 0) is 16.1 Å². The van der Waals surface area contributed by atoms with Gasteiger partial charge in [0.1, 0.15) is 24.7 Å². The van der Waals surface area contributed by atoms with Crippen LogP contribution in [-0.4, -0.2) is 34.7 Å². The van der Waals surface area contributed by atoms with Crippen LogP contribution in [0.15, 0.2) is 65.5 Å². The zero-order chi connectivity index (χ0) is 22.2. The second kappa shape index (κ2) is 10.1. The molecule has 3 aromatic rings. The standard InChI is InChI=1S/C22H21FN4O4/c1-15(28)24-12-13-31-19-8-6-18(7-9-19)25-21(29)14-27-22(30)11-10-20(26-27)16-2-4-17(23)5-3-16/h2-11H,12-14H2,1H3,(H,24,28)(H,25,29). The Balaban J connectivity index is 1.59. The minimum atomic E-state index is -0.427. The lowest BCUT2D eigenvalue weighted by molar-refractivity contribution is -0.119. The van der Waals surface area contributed by atoms with E-state index in [9.17, 15) is 18.8 Å². The van der Waals surface area contributed by atoms with Gasteiger partial charge in [0.2, 0.25) is 11.8 Å². The zero-order valence-corrected chi connectivity index (χ0v) is 16.8. The van der Waals surface area contributed by atoms with Crippen molar-refractivity contribution < 1.29 is 18.7 Å². The molecule has 9 heteroatoms. The third-order valence-corrected chi connectivity index (χ3v) is 4.18. The van der Waals surface area contributed by atoms with Gasteiger partial charge in [-0.15, -0.1) is 0 Å². The van der Waals surface area contributed by atoms with E-state index in [1.165, 1.54) is 31.2 Å². The van der Waals surface area contributed by atoms with Crippen LogP contribution >= 0.6 is 0 Å². The summed E-state index contributed by atoms with van der Waals surface area (Å²) in [4.78, 5) is 35.2. The Morgan fingerprint density at radius 2 is 1.74 bits per heavy atom. The van der Waals surface area contributed by atoms with Crippen molar-refractivity contribution in [3.63, 3.8) is 0 Å². The predicted octanol–water partition coefficient (Wildman–Crippen LogP) is 2.20. The molecule has 1 heterocycles. The summed E-state index contributed by atoms with van der Waals surface area (Å²) < 4.78 is 19.6. The minimum Gasteiger partial charge on any atom is -0.492 e. The number of aromatic nitrogens is 2. The number of nitrogens with one attached hydrogen (secondary N) is 2. The van der Waals surface area contributed by atoms with Gasteiger partial charge in [-0.3, -0.25) is 14.4 Å². The van der Waals surface area contributed by atoms with E-state index in [4.69, 9.17) is 4.74 Å². The van der Waals surface area contributed by atoms with Crippen LogP contribution in [0, 0.1) is 5.82 Å². The molecule has 0 aliphatic heterocycles. The lowest BCUT2D eigenvalue weighted by Crippen LogP contribution is -2.29. The van der Waals surface area contributed by atoms with Crippen LogP contribution in [0.3, 0.4) is 0 Å². The number of ether oxygens (including phenoxy) is 1. The molecule has 0 aliphatic rings. The predicted molar refractivity (Wildman–Crippen MR) is 113 cm³/mol. The summed E-state index contributed by atoms with van der Waals surface area (Å²) in [5.74, 6) is -0.336. The van der Waals surface area contributed by atoms with E-state index in [1.807, 2.05) is 0 Å². The molecule has 0 aliphatic carbocycles. The van der Waals surface area contributed by atoms with Crippen LogP contribution in [0.1, 0.15) is 6.92 Å².